The molecule has 0 aromatic carbocycles. The second-order valence-corrected chi connectivity index (χ2v) is 7.48. The van der Waals surface area contributed by atoms with Crippen molar-refractivity contribution in [2.75, 3.05) is 19.4 Å². The van der Waals surface area contributed by atoms with Gasteiger partial charge in [-0.3, -0.25) is 4.79 Å². The predicted molar refractivity (Wildman–Crippen MR) is 84.0 cm³/mol. The first kappa shape index (κ1) is 16.6. The topological polar surface area (TPSA) is 66.8 Å². The fourth-order valence-electron chi connectivity index (χ4n) is 2.23. The Morgan fingerprint density at radius 1 is 1.57 bits per heavy atom. The molecule has 2 atom stereocenters. The summed E-state index contributed by atoms with van der Waals surface area (Å²) in [6.45, 7) is 0.345. The van der Waals surface area contributed by atoms with Gasteiger partial charge in [0.15, 0.2) is 0 Å². The lowest BCUT2D eigenvalue weighted by atomic mass is 10.2. The summed E-state index contributed by atoms with van der Waals surface area (Å²) in [6, 6.07) is 2.98. The van der Waals surface area contributed by atoms with Crippen molar-refractivity contribution in [3.05, 3.63) is 21.3 Å². The molecule has 1 amide bonds. The third-order valence-electron chi connectivity index (χ3n) is 3.30. The molecule has 2 rings (SSSR count). The Bertz CT molecular complexity index is 522. The van der Waals surface area contributed by atoms with Crippen molar-refractivity contribution in [3.63, 3.8) is 0 Å². The number of thiophene rings is 1. The van der Waals surface area contributed by atoms with Crippen LogP contribution in [0.2, 0.25) is 4.34 Å². The van der Waals surface area contributed by atoms with Gasteiger partial charge in [-0.2, -0.15) is 0 Å². The van der Waals surface area contributed by atoms with Gasteiger partial charge in [-0.25, -0.2) is 4.79 Å². The van der Waals surface area contributed by atoms with Gasteiger partial charge in [0.1, 0.15) is 6.04 Å². The molecule has 1 saturated heterocycles. The molecule has 1 fully saturated rings. The van der Waals surface area contributed by atoms with E-state index in [9.17, 15) is 14.7 Å². The molecule has 0 saturated carbocycles. The summed E-state index contributed by atoms with van der Waals surface area (Å²) in [7, 11) is 1.53. The molecule has 0 spiro atoms. The summed E-state index contributed by atoms with van der Waals surface area (Å²) in [5.41, 5.74) is 0. The molecule has 21 heavy (non-hydrogen) atoms. The maximum atomic E-state index is 12.2. The molecule has 2 unspecified atom stereocenters. The second-order valence-electron chi connectivity index (χ2n) is 4.69. The number of rotatable bonds is 6. The van der Waals surface area contributed by atoms with Crippen molar-refractivity contribution >= 4 is 46.6 Å². The maximum absolute atomic E-state index is 12.2. The second kappa shape index (κ2) is 7.49. The number of hydrogen-bond donors (Lipinski definition) is 1. The summed E-state index contributed by atoms with van der Waals surface area (Å²) in [5.74, 6) is -0.175. The Morgan fingerprint density at radius 2 is 2.33 bits per heavy atom. The summed E-state index contributed by atoms with van der Waals surface area (Å²) < 4.78 is 5.90. The number of hydrogen-bond acceptors (Lipinski definition) is 5. The van der Waals surface area contributed by atoms with Gasteiger partial charge < -0.3 is 14.7 Å². The Hall–Kier alpha value is -0.760. The van der Waals surface area contributed by atoms with Crippen molar-refractivity contribution in [3.8, 4) is 0 Å². The van der Waals surface area contributed by atoms with Crippen LogP contribution < -0.4 is 0 Å². The zero-order chi connectivity index (χ0) is 15.4. The van der Waals surface area contributed by atoms with Crippen LogP contribution in [-0.2, 0) is 20.1 Å². The molecule has 1 aliphatic heterocycles. The van der Waals surface area contributed by atoms with Gasteiger partial charge in [0.2, 0.25) is 5.91 Å². The van der Waals surface area contributed by atoms with Gasteiger partial charge in [0, 0.05) is 30.7 Å². The lowest BCUT2D eigenvalue weighted by molar-refractivity contribution is -0.147. The van der Waals surface area contributed by atoms with Gasteiger partial charge >= 0.3 is 5.97 Å². The SMILES string of the molecule is COC1CC(C(=O)O)N(C(=O)CSCc2ccc(Cl)s2)C1. The monoisotopic (exact) mass is 349 g/mol. The van der Waals surface area contributed by atoms with Crippen LogP contribution in [0, 0.1) is 0 Å². The average Bonchev–Trinajstić information content (AvgIpc) is 3.04. The Kier molecular flexibility index (Phi) is 5.92. The van der Waals surface area contributed by atoms with Crippen LogP contribution in [0.25, 0.3) is 0 Å². The van der Waals surface area contributed by atoms with Crippen LogP contribution in [-0.4, -0.2) is 53.4 Å². The summed E-state index contributed by atoms with van der Waals surface area (Å²) in [5, 5.41) is 9.18. The van der Waals surface area contributed by atoms with Crippen LogP contribution in [0.1, 0.15) is 11.3 Å². The Morgan fingerprint density at radius 3 is 2.90 bits per heavy atom. The molecular weight excluding hydrogens is 334 g/mol. The molecule has 1 aromatic heterocycles. The molecule has 1 aromatic rings. The number of aliphatic carboxylic acids is 1. The van der Waals surface area contributed by atoms with Gasteiger partial charge in [-0.15, -0.1) is 23.1 Å². The minimum Gasteiger partial charge on any atom is -0.480 e. The predicted octanol–water partition coefficient (Wildman–Crippen LogP) is 2.34. The Balaban J connectivity index is 1.85. The summed E-state index contributed by atoms with van der Waals surface area (Å²) in [4.78, 5) is 25.9. The zero-order valence-electron chi connectivity index (χ0n) is 11.5. The van der Waals surface area contributed by atoms with Crippen molar-refractivity contribution in [1.29, 1.82) is 0 Å². The van der Waals surface area contributed by atoms with Gasteiger partial charge in [0.05, 0.1) is 16.2 Å². The molecule has 0 aliphatic carbocycles. The first-order valence-electron chi connectivity index (χ1n) is 6.38. The highest BCUT2D eigenvalue weighted by Crippen LogP contribution is 2.26. The molecule has 1 N–H and O–H groups in total. The van der Waals surface area contributed by atoms with Gasteiger partial charge in [-0.05, 0) is 12.1 Å². The highest BCUT2D eigenvalue weighted by molar-refractivity contribution is 7.99. The number of ether oxygens (including phenoxy) is 1. The van der Waals surface area contributed by atoms with Crippen molar-refractivity contribution in [2.24, 2.45) is 0 Å². The fraction of sp³-hybridized carbons (Fsp3) is 0.538. The number of carbonyl (C=O) groups is 2. The number of carboxylic acids is 1. The van der Waals surface area contributed by atoms with Crippen LogP contribution in [0.15, 0.2) is 12.1 Å². The third-order valence-corrected chi connectivity index (χ3v) is 5.68. The summed E-state index contributed by atoms with van der Waals surface area (Å²) >= 11 is 8.80. The highest BCUT2D eigenvalue weighted by atomic mass is 35.5. The number of methoxy groups -OCH3 is 1. The van der Waals surface area contributed by atoms with E-state index in [0.717, 1.165) is 9.21 Å². The first-order valence-corrected chi connectivity index (χ1v) is 8.73. The van der Waals surface area contributed by atoms with Gasteiger partial charge in [-0.1, -0.05) is 11.6 Å². The third kappa shape index (κ3) is 4.35. The van der Waals surface area contributed by atoms with E-state index in [4.69, 9.17) is 16.3 Å². The average molecular weight is 350 g/mol. The zero-order valence-corrected chi connectivity index (χ0v) is 13.8. The van der Waals surface area contributed by atoms with E-state index >= 15 is 0 Å². The minimum absolute atomic E-state index is 0.158. The van der Waals surface area contributed by atoms with E-state index in [1.165, 1.54) is 35.1 Å². The summed E-state index contributed by atoms with van der Waals surface area (Å²) in [6.07, 6.45) is 0.152. The van der Waals surface area contributed by atoms with E-state index in [1.54, 1.807) is 0 Å². The fourth-order valence-corrected chi connectivity index (χ4v) is 4.34. The Labute approximate surface area is 136 Å². The molecular formula is C13H16ClNO4S2. The largest absolute Gasteiger partial charge is 0.480 e. The number of thioether (sulfide) groups is 1. The van der Waals surface area contributed by atoms with Crippen molar-refractivity contribution in [1.82, 2.24) is 4.90 Å². The number of halogens is 1. The molecule has 5 nitrogen and oxygen atoms in total. The number of nitrogens with zero attached hydrogens (tertiary/aromatic N) is 1. The lowest BCUT2D eigenvalue weighted by Gasteiger charge is -2.20. The molecule has 8 heteroatoms. The van der Waals surface area contributed by atoms with E-state index in [1.807, 2.05) is 12.1 Å². The van der Waals surface area contributed by atoms with Crippen LogP contribution in [0.4, 0.5) is 0 Å². The van der Waals surface area contributed by atoms with E-state index < -0.39 is 12.0 Å². The number of carbonyl (C=O) groups excluding carboxylic acids is 1. The lowest BCUT2D eigenvalue weighted by Crippen LogP contribution is -2.41. The molecule has 0 radical (unpaired) electrons. The first-order chi connectivity index (χ1) is 10.0. The number of carboxylic acid groups (broad SMARTS) is 1. The number of likely N-dealkylation sites (tertiary alicyclic amines) is 1. The standard InChI is InChI=1S/C13H16ClNO4S2/c1-19-8-4-10(13(17)18)15(5-8)12(16)7-20-6-9-2-3-11(14)21-9/h2-3,8,10H,4-7H2,1H3,(H,17,18). The van der Waals surface area contributed by atoms with Crippen molar-refractivity contribution < 1.29 is 19.4 Å². The van der Waals surface area contributed by atoms with Crippen molar-refractivity contribution in [2.45, 2.75) is 24.3 Å². The molecule has 0 bridgehead atoms. The molecule has 116 valence electrons. The maximum Gasteiger partial charge on any atom is 0.326 e. The van der Waals surface area contributed by atoms with Gasteiger partial charge in [0.25, 0.3) is 0 Å². The van der Waals surface area contributed by atoms with Crippen LogP contribution in [0.5, 0.6) is 0 Å². The van der Waals surface area contributed by atoms with Crippen LogP contribution >= 0.6 is 34.7 Å². The van der Waals surface area contributed by atoms with E-state index in [-0.39, 0.29) is 17.8 Å². The smallest absolute Gasteiger partial charge is 0.326 e. The van der Waals surface area contributed by atoms with E-state index in [0.29, 0.717) is 18.7 Å². The normalized spacial score (nSPS) is 21.7. The minimum atomic E-state index is -0.974. The molecule has 1 aliphatic rings. The molecule has 2 heterocycles. The number of amides is 1. The van der Waals surface area contributed by atoms with E-state index in [2.05, 4.69) is 0 Å². The quantitative estimate of drug-likeness (QED) is 0.853. The van der Waals surface area contributed by atoms with Crippen LogP contribution in [0.3, 0.4) is 0 Å². The highest BCUT2D eigenvalue weighted by Gasteiger charge is 2.39.